The van der Waals surface area contributed by atoms with Crippen LogP contribution in [0.15, 0.2) is 50.4 Å². The maximum absolute atomic E-state index is 12.5. The molecule has 1 spiro atoms. The molecule has 4 aliphatic carbocycles. The summed E-state index contributed by atoms with van der Waals surface area (Å²) in [5.41, 5.74) is 0.0568. The van der Waals surface area contributed by atoms with Crippen molar-refractivity contribution in [3.05, 3.63) is 58.5 Å². The summed E-state index contributed by atoms with van der Waals surface area (Å²) in [5.74, 6) is 0.798. The third kappa shape index (κ3) is 3.49. The van der Waals surface area contributed by atoms with Crippen molar-refractivity contribution in [2.45, 2.75) is 95.5 Å². The number of esters is 2. The molecule has 0 radical (unpaired) electrons. The summed E-state index contributed by atoms with van der Waals surface area (Å²) >= 11 is 0. The highest BCUT2D eigenvalue weighted by atomic mass is 16.7. The zero-order chi connectivity index (χ0) is 27.2. The van der Waals surface area contributed by atoms with Gasteiger partial charge < -0.3 is 23.0 Å². The van der Waals surface area contributed by atoms with Crippen molar-refractivity contribution in [3.63, 3.8) is 0 Å². The van der Waals surface area contributed by atoms with E-state index in [2.05, 4.69) is 13.8 Å². The van der Waals surface area contributed by atoms with Crippen LogP contribution in [0.2, 0.25) is 0 Å². The summed E-state index contributed by atoms with van der Waals surface area (Å²) in [6.07, 6.45) is 9.25. The number of rotatable bonds is 4. The van der Waals surface area contributed by atoms with Crippen LogP contribution in [0, 0.1) is 28.6 Å². The van der Waals surface area contributed by atoms with Crippen molar-refractivity contribution in [2.75, 3.05) is 0 Å². The summed E-state index contributed by atoms with van der Waals surface area (Å²) in [6.45, 7) is 6.19. The molecule has 1 aliphatic heterocycles. The molecule has 5 fully saturated rings. The summed E-state index contributed by atoms with van der Waals surface area (Å²) in [4.78, 5) is 36.5. The zero-order valence-corrected chi connectivity index (χ0v) is 22.7. The van der Waals surface area contributed by atoms with Gasteiger partial charge in [-0.2, -0.15) is 0 Å². The van der Waals surface area contributed by atoms with Crippen molar-refractivity contribution in [1.82, 2.24) is 0 Å². The molecule has 0 bridgehead atoms. The average molecular weight is 537 g/mol. The second-order valence-corrected chi connectivity index (χ2v) is 13.0. The lowest BCUT2D eigenvalue weighted by molar-refractivity contribution is -0.158. The monoisotopic (exact) mass is 536 g/mol. The van der Waals surface area contributed by atoms with Crippen LogP contribution < -0.4 is 5.63 Å². The first-order chi connectivity index (χ1) is 18.7. The zero-order valence-electron chi connectivity index (χ0n) is 22.7. The standard InChI is InChI=1S/C31H36O8/c1-17(32)37-26-25(18-6-9-24(33)36-16-18)30(3)13-11-21-22(31(30)27(26)39-31)8-7-19-15-20(10-12-29(19,21)2)38-28(34)23-5-4-14-35-23/h4-6,9,14,16,19-22,25-27H,7-8,10-13,15H2,1-3H3/t19-,20+,21+,22-,25+,26-,27-,29+,30-,31-/m1/s1. The van der Waals surface area contributed by atoms with Crippen LogP contribution >= 0.6 is 0 Å². The normalized spacial score (nSPS) is 43.8. The molecule has 2 aromatic rings. The number of ether oxygens (including phenoxy) is 3. The third-order valence-corrected chi connectivity index (χ3v) is 11.4. The Bertz CT molecular complexity index is 1330. The summed E-state index contributed by atoms with van der Waals surface area (Å²) in [7, 11) is 0. The Kier molecular flexibility index (Phi) is 5.52. The van der Waals surface area contributed by atoms with Crippen molar-refractivity contribution < 1.29 is 32.6 Å². The van der Waals surface area contributed by atoms with Gasteiger partial charge >= 0.3 is 17.6 Å². The Hall–Kier alpha value is -2.87. The van der Waals surface area contributed by atoms with Crippen LogP contribution in [0.1, 0.15) is 87.8 Å². The van der Waals surface area contributed by atoms with Crippen LogP contribution in [-0.4, -0.2) is 35.9 Å². The molecule has 2 aromatic heterocycles. The van der Waals surface area contributed by atoms with E-state index < -0.39 is 6.10 Å². The summed E-state index contributed by atoms with van der Waals surface area (Å²) in [6, 6.07) is 6.63. The number of epoxide rings is 1. The molecule has 0 unspecified atom stereocenters. The van der Waals surface area contributed by atoms with E-state index in [4.69, 9.17) is 23.0 Å². The predicted octanol–water partition coefficient (Wildman–Crippen LogP) is 5.26. The molecule has 3 heterocycles. The highest BCUT2D eigenvalue weighted by Gasteiger charge is 2.84. The minimum atomic E-state index is -0.402. The maximum Gasteiger partial charge on any atom is 0.374 e. The highest BCUT2D eigenvalue weighted by molar-refractivity contribution is 5.86. The first-order valence-electron chi connectivity index (χ1n) is 14.4. The van der Waals surface area contributed by atoms with Crippen LogP contribution in [-0.2, 0) is 19.0 Å². The lowest BCUT2D eigenvalue weighted by atomic mass is 9.44. The lowest BCUT2D eigenvalue weighted by Gasteiger charge is -2.61. The van der Waals surface area contributed by atoms with Crippen LogP contribution in [0.3, 0.4) is 0 Å². The predicted molar refractivity (Wildman–Crippen MR) is 138 cm³/mol. The number of carbonyl (C=O) groups is 2. The second kappa shape index (κ2) is 8.56. The Morgan fingerprint density at radius 1 is 0.974 bits per heavy atom. The van der Waals surface area contributed by atoms with E-state index in [1.54, 1.807) is 18.4 Å². The SMILES string of the molecule is CC(=O)O[C@H]1[C@H]2O[C@]23[C@@H]2CC[C@@H]4C[C@@H](OC(=O)c5ccco5)CC[C@]4(C)[C@H]2CC[C@]3(C)[C@H]1c1ccc(=O)oc1. The lowest BCUT2D eigenvalue weighted by Crippen LogP contribution is -2.58. The Morgan fingerprint density at radius 2 is 1.82 bits per heavy atom. The molecule has 10 atom stereocenters. The highest BCUT2D eigenvalue weighted by Crippen LogP contribution is 2.78. The molecule has 0 N–H and O–H groups in total. The molecular formula is C31H36O8. The van der Waals surface area contributed by atoms with Gasteiger partial charge in [-0.1, -0.05) is 13.8 Å². The van der Waals surface area contributed by atoms with Gasteiger partial charge in [-0.3, -0.25) is 4.79 Å². The molecule has 5 aliphatic rings. The fourth-order valence-corrected chi connectivity index (χ4v) is 9.79. The molecule has 0 amide bonds. The topological polar surface area (TPSA) is 108 Å². The van der Waals surface area contributed by atoms with E-state index in [9.17, 15) is 14.4 Å². The van der Waals surface area contributed by atoms with E-state index in [0.717, 1.165) is 50.5 Å². The minimum Gasteiger partial charge on any atom is -0.459 e. The van der Waals surface area contributed by atoms with Gasteiger partial charge in [0.05, 0.1) is 12.5 Å². The van der Waals surface area contributed by atoms with Crippen molar-refractivity contribution >= 4 is 11.9 Å². The van der Waals surface area contributed by atoms with E-state index in [-0.39, 0.29) is 57.9 Å². The van der Waals surface area contributed by atoms with E-state index >= 15 is 0 Å². The molecule has 8 heteroatoms. The first-order valence-corrected chi connectivity index (χ1v) is 14.4. The van der Waals surface area contributed by atoms with Gasteiger partial charge in [-0.15, -0.1) is 0 Å². The van der Waals surface area contributed by atoms with E-state index in [0.29, 0.717) is 17.8 Å². The van der Waals surface area contributed by atoms with Crippen LogP contribution in [0.25, 0.3) is 0 Å². The fraction of sp³-hybridized carbons (Fsp3) is 0.645. The average Bonchev–Trinajstić information content (AvgIpc) is 3.30. The number of furan rings is 1. The molecule has 1 saturated heterocycles. The van der Waals surface area contributed by atoms with Gasteiger partial charge in [0.2, 0.25) is 5.76 Å². The maximum atomic E-state index is 12.5. The first kappa shape index (κ1) is 25.1. The van der Waals surface area contributed by atoms with Gasteiger partial charge in [0.1, 0.15) is 23.9 Å². The van der Waals surface area contributed by atoms with Crippen molar-refractivity contribution in [3.8, 4) is 0 Å². The van der Waals surface area contributed by atoms with Gasteiger partial charge in [0.25, 0.3) is 0 Å². The molecule has 4 saturated carbocycles. The Balaban J connectivity index is 1.16. The van der Waals surface area contributed by atoms with Crippen molar-refractivity contribution in [2.24, 2.45) is 28.6 Å². The van der Waals surface area contributed by atoms with Gasteiger partial charge in [0, 0.05) is 24.3 Å². The fourth-order valence-electron chi connectivity index (χ4n) is 9.79. The van der Waals surface area contributed by atoms with Crippen LogP contribution in [0.5, 0.6) is 0 Å². The molecule has 7 rings (SSSR count). The van der Waals surface area contributed by atoms with Gasteiger partial charge in [-0.05, 0) is 91.9 Å². The second-order valence-electron chi connectivity index (χ2n) is 13.0. The number of hydrogen-bond donors (Lipinski definition) is 0. The molecule has 0 aromatic carbocycles. The summed E-state index contributed by atoms with van der Waals surface area (Å²) in [5, 5.41) is 0. The largest absolute Gasteiger partial charge is 0.459 e. The van der Waals surface area contributed by atoms with Gasteiger partial charge in [-0.25, -0.2) is 9.59 Å². The Labute approximate surface area is 227 Å². The summed E-state index contributed by atoms with van der Waals surface area (Å²) < 4.78 is 29.0. The van der Waals surface area contributed by atoms with E-state index in [1.165, 1.54) is 19.3 Å². The number of hydrogen-bond acceptors (Lipinski definition) is 8. The molecular weight excluding hydrogens is 500 g/mol. The van der Waals surface area contributed by atoms with Crippen LogP contribution in [0.4, 0.5) is 0 Å². The quantitative estimate of drug-likeness (QED) is 0.385. The van der Waals surface area contributed by atoms with Gasteiger partial charge in [0.15, 0.2) is 0 Å². The molecule has 8 nitrogen and oxygen atoms in total. The smallest absolute Gasteiger partial charge is 0.374 e. The number of fused-ring (bicyclic) bond motifs is 3. The third-order valence-electron chi connectivity index (χ3n) is 11.4. The van der Waals surface area contributed by atoms with Crippen molar-refractivity contribution in [1.29, 1.82) is 0 Å². The Morgan fingerprint density at radius 3 is 2.54 bits per heavy atom. The molecule has 39 heavy (non-hydrogen) atoms. The van der Waals surface area contributed by atoms with E-state index in [1.807, 2.05) is 6.07 Å². The minimum absolute atomic E-state index is 0.0901. The number of carbonyl (C=O) groups excluding carboxylic acids is 2. The molecule has 208 valence electrons.